The third-order valence-electron chi connectivity index (χ3n) is 4.79. The van der Waals surface area contributed by atoms with E-state index in [1.807, 2.05) is 25.1 Å². The number of rotatable bonds is 6. The molecule has 0 heterocycles. The minimum Gasteiger partial charge on any atom is -0.494 e. The second kappa shape index (κ2) is 9.21. The summed E-state index contributed by atoms with van der Waals surface area (Å²) in [6.45, 7) is 2.51. The molecule has 0 aliphatic heterocycles. The molecule has 0 unspecified atom stereocenters. The van der Waals surface area contributed by atoms with Crippen molar-refractivity contribution in [2.45, 2.75) is 39.0 Å². The van der Waals surface area contributed by atoms with Crippen LogP contribution >= 0.6 is 0 Å². The van der Waals surface area contributed by atoms with Crippen molar-refractivity contribution in [1.82, 2.24) is 0 Å². The lowest BCUT2D eigenvalue weighted by molar-refractivity contribution is -0.120. The summed E-state index contributed by atoms with van der Waals surface area (Å²) in [5.74, 6) is 0.709. The van der Waals surface area contributed by atoms with Crippen LogP contribution in [0.3, 0.4) is 0 Å². The van der Waals surface area contributed by atoms with Crippen LogP contribution in [0.15, 0.2) is 48.5 Å². The molecular formula is C22H26N2O3. The predicted octanol–water partition coefficient (Wildman–Crippen LogP) is 4.86. The standard InChI is InChI=1S/C22H26N2O3/c1-2-27-20-13-11-17(12-14-20)22(26)24-19-10-6-9-18(15-19)23-21(25)16-7-4-3-5-8-16/h6,9-16H,2-5,7-8H2,1H3,(H,23,25)(H,24,26). The van der Waals surface area contributed by atoms with Crippen molar-refractivity contribution in [3.05, 3.63) is 54.1 Å². The van der Waals surface area contributed by atoms with Gasteiger partial charge < -0.3 is 15.4 Å². The van der Waals surface area contributed by atoms with E-state index in [4.69, 9.17) is 4.74 Å². The van der Waals surface area contributed by atoms with E-state index < -0.39 is 0 Å². The van der Waals surface area contributed by atoms with Gasteiger partial charge in [0.1, 0.15) is 5.75 Å². The number of benzene rings is 2. The molecule has 0 aromatic heterocycles. The highest BCUT2D eigenvalue weighted by atomic mass is 16.5. The Morgan fingerprint density at radius 3 is 2.30 bits per heavy atom. The fraction of sp³-hybridized carbons (Fsp3) is 0.364. The van der Waals surface area contributed by atoms with Crippen molar-refractivity contribution in [2.75, 3.05) is 17.2 Å². The molecule has 1 fully saturated rings. The van der Waals surface area contributed by atoms with Gasteiger partial charge in [-0.15, -0.1) is 0 Å². The van der Waals surface area contributed by atoms with Crippen LogP contribution in [0.2, 0.25) is 0 Å². The molecule has 0 atom stereocenters. The first-order chi connectivity index (χ1) is 13.2. The quantitative estimate of drug-likeness (QED) is 0.767. The molecule has 1 aliphatic carbocycles. The predicted molar refractivity (Wildman–Crippen MR) is 107 cm³/mol. The van der Waals surface area contributed by atoms with Crippen LogP contribution in [0.4, 0.5) is 11.4 Å². The van der Waals surface area contributed by atoms with Crippen LogP contribution in [0, 0.1) is 5.92 Å². The van der Waals surface area contributed by atoms with Crippen molar-refractivity contribution in [3.63, 3.8) is 0 Å². The van der Waals surface area contributed by atoms with E-state index in [0.717, 1.165) is 31.4 Å². The van der Waals surface area contributed by atoms with Crippen LogP contribution in [0.25, 0.3) is 0 Å². The molecule has 2 aromatic carbocycles. The molecular weight excluding hydrogens is 340 g/mol. The second-order valence-electron chi connectivity index (χ2n) is 6.82. The molecule has 0 radical (unpaired) electrons. The molecule has 142 valence electrons. The number of ether oxygens (including phenoxy) is 1. The van der Waals surface area contributed by atoms with E-state index in [-0.39, 0.29) is 17.7 Å². The average molecular weight is 366 g/mol. The Labute approximate surface area is 160 Å². The van der Waals surface area contributed by atoms with E-state index in [9.17, 15) is 9.59 Å². The van der Waals surface area contributed by atoms with Crippen LogP contribution in [0.1, 0.15) is 49.4 Å². The van der Waals surface area contributed by atoms with Crippen molar-refractivity contribution < 1.29 is 14.3 Å². The first-order valence-electron chi connectivity index (χ1n) is 9.61. The largest absolute Gasteiger partial charge is 0.494 e. The SMILES string of the molecule is CCOc1ccc(C(=O)Nc2cccc(NC(=O)C3CCCCC3)c2)cc1. The highest BCUT2D eigenvalue weighted by Gasteiger charge is 2.21. The molecule has 2 amide bonds. The van der Waals surface area contributed by atoms with Gasteiger partial charge in [0.05, 0.1) is 6.61 Å². The summed E-state index contributed by atoms with van der Waals surface area (Å²) in [7, 11) is 0. The summed E-state index contributed by atoms with van der Waals surface area (Å²) in [5.41, 5.74) is 1.90. The molecule has 3 rings (SSSR count). The maximum Gasteiger partial charge on any atom is 0.255 e. The van der Waals surface area contributed by atoms with Crippen LogP contribution in [-0.2, 0) is 4.79 Å². The number of amides is 2. The highest BCUT2D eigenvalue weighted by molar-refractivity contribution is 6.04. The van der Waals surface area contributed by atoms with Gasteiger partial charge >= 0.3 is 0 Å². The number of carbonyl (C=O) groups is 2. The third-order valence-corrected chi connectivity index (χ3v) is 4.79. The van der Waals surface area contributed by atoms with Gasteiger partial charge in [-0.25, -0.2) is 0 Å². The summed E-state index contributed by atoms with van der Waals surface area (Å²) >= 11 is 0. The number of hydrogen-bond acceptors (Lipinski definition) is 3. The Balaban J connectivity index is 1.61. The lowest BCUT2D eigenvalue weighted by atomic mass is 9.88. The van der Waals surface area contributed by atoms with Crippen LogP contribution < -0.4 is 15.4 Å². The molecule has 0 spiro atoms. The van der Waals surface area contributed by atoms with E-state index in [0.29, 0.717) is 23.5 Å². The van der Waals surface area contributed by atoms with Crippen LogP contribution in [-0.4, -0.2) is 18.4 Å². The highest BCUT2D eigenvalue weighted by Crippen LogP contribution is 2.25. The number of hydrogen-bond donors (Lipinski definition) is 2. The molecule has 1 aliphatic rings. The van der Waals surface area contributed by atoms with Crippen molar-refractivity contribution in [3.8, 4) is 5.75 Å². The Hall–Kier alpha value is -2.82. The van der Waals surface area contributed by atoms with Gasteiger partial charge in [-0.05, 0) is 62.2 Å². The maximum atomic E-state index is 12.4. The molecule has 1 saturated carbocycles. The Morgan fingerprint density at radius 1 is 0.963 bits per heavy atom. The van der Waals surface area contributed by atoms with Gasteiger partial charge in [0.2, 0.25) is 5.91 Å². The molecule has 2 aromatic rings. The maximum absolute atomic E-state index is 12.4. The van der Waals surface area contributed by atoms with E-state index in [1.165, 1.54) is 6.42 Å². The van der Waals surface area contributed by atoms with Gasteiger partial charge in [0, 0.05) is 22.9 Å². The van der Waals surface area contributed by atoms with Gasteiger partial charge in [-0.1, -0.05) is 25.3 Å². The molecule has 5 heteroatoms. The van der Waals surface area contributed by atoms with Gasteiger partial charge in [-0.3, -0.25) is 9.59 Å². The summed E-state index contributed by atoms with van der Waals surface area (Å²) in [6, 6.07) is 14.3. The van der Waals surface area contributed by atoms with Crippen molar-refractivity contribution in [2.24, 2.45) is 5.92 Å². The lowest BCUT2D eigenvalue weighted by Crippen LogP contribution is -2.24. The van der Waals surface area contributed by atoms with Gasteiger partial charge in [0.15, 0.2) is 0 Å². The smallest absolute Gasteiger partial charge is 0.255 e. The number of anilines is 2. The zero-order chi connectivity index (χ0) is 19.1. The van der Waals surface area contributed by atoms with Gasteiger partial charge in [-0.2, -0.15) is 0 Å². The normalized spacial score (nSPS) is 14.4. The second-order valence-corrected chi connectivity index (χ2v) is 6.82. The summed E-state index contributed by atoms with van der Waals surface area (Å²) in [4.78, 5) is 24.8. The summed E-state index contributed by atoms with van der Waals surface area (Å²) < 4.78 is 5.39. The molecule has 2 N–H and O–H groups in total. The van der Waals surface area contributed by atoms with E-state index >= 15 is 0 Å². The number of carbonyl (C=O) groups excluding carboxylic acids is 2. The molecule has 0 bridgehead atoms. The first kappa shape index (κ1) is 19.0. The minimum absolute atomic E-state index is 0.0738. The molecule has 5 nitrogen and oxygen atoms in total. The third kappa shape index (κ3) is 5.33. The lowest BCUT2D eigenvalue weighted by Gasteiger charge is -2.20. The topological polar surface area (TPSA) is 67.4 Å². The summed E-state index contributed by atoms with van der Waals surface area (Å²) in [6.07, 6.45) is 5.38. The fourth-order valence-corrected chi connectivity index (χ4v) is 3.36. The van der Waals surface area contributed by atoms with E-state index in [1.54, 1.807) is 30.3 Å². The zero-order valence-corrected chi connectivity index (χ0v) is 15.7. The summed E-state index contributed by atoms with van der Waals surface area (Å²) in [5, 5.41) is 5.85. The molecule has 27 heavy (non-hydrogen) atoms. The Morgan fingerprint density at radius 2 is 1.63 bits per heavy atom. The van der Waals surface area contributed by atoms with Crippen molar-refractivity contribution in [1.29, 1.82) is 0 Å². The Bertz CT molecular complexity index is 780. The zero-order valence-electron chi connectivity index (χ0n) is 15.7. The first-order valence-corrected chi connectivity index (χ1v) is 9.61. The van der Waals surface area contributed by atoms with Gasteiger partial charge in [0.25, 0.3) is 5.91 Å². The minimum atomic E-state index is -0.200. The van der Waals surface area contributed by atoms with Crippen LogP contribution in [0.5, 0.6) is 5.75 Å². The molecule has 0 saturated heterocycles. The Kier molecular flexibility index (Phi) is 6.47. The fourth-order valence-electron chi connectivity index (χ4n) is 3.36. The monoisotopic (exact) mass is 366 g/mol. The van der Waals surface area contributed by atoms with E-state index in [2.05, 4.69) is 10.6 Å². The number of nitrogens with one attached hydrogen (secondary N) is 2. The average Bonchev–Trinajstić information content (AvgIpc) is 2.70. The van der Waals surface area contributed by atoms with Crippen molar-refractivity contribution >= 4 is 23.2 Å².